The van der Waals surface area contributed by atoms with E-state index >= 15 is 0 Å². The Balaban J connectivity index is 1.20. The molecule has 3 aliphatic rings. The van der Waals surface area contributed by atoms with Crippen LogP contribution in [0.3, 0.4) is 0 Å². The third-order valence-corrected chi connectivity index (χ3v) is 5.89. The molecule has 2 aromatic rings. The molecule has 26 heavy (non-hydrogen) atoms. The molecule has 1 unspecified atom stereocenters. The fourth-order valence-electron chi connectivity index (χ4n) is 4.51. The highest BCUT2D eigenvalue weighted by Crippen LogP contribution is 2.47. The van der Waals surface area contributed by atoms with Crippen LogP contribution in [0.15, 0.2) is 29.1 Å². The summed E-state index contributed by atoms with van der Waals surface area (Å²) in [6.45, 7) is 2.09. The van der Waals surface area contributed by atoms with Crippen molar-refractivity contribution in [2.75, 3.05) is 25.0 Å². The minimum absolute atomic E-state index is 0.108. The lowest BCUT2D eigenvalue weighted by atomic mass is 10.2. The van der Waals surface area contributed by atoms with Crippen molar-refractivity contribution in [3.63, 3.8) is 0 Å². The van der Waals surface area contributed by atoms with Gasteiger partial charge in [0.25, 0.3) is 0 Å². The van der Waals surface area contributed by atoms with Gasteiger partial charge >= 0.3 is 0 Å². The third kappa shape index (κ3) is 2.61. The van der Waals surface area contributed by atoms with Crippen molar-refractivity contribution >= 4 is 22.6 Å². The maximum Gasteiger partial charge on any atom is 0.238 e. The van der Waals surface area contributed by atoms with Gasteiger partial charge in [-0.1, -0.05) is 0 Å². The number of nitriles is 1. The Morgan fingerprint density at radius 3 is 3.23 bits per heavy atom. The highest BCUT2D eigenvalue weighted by Gasteiger charge is 2.54. The molecule has 4 atom stereocenters. The number of nitrogens with zero attached hydrogens (tertiary/aromatic N) is 4. The number of furan rings is 1. The Hall–Kier alpha value is -2.59. The average molecular weight is 351 g/mol. The fraction of sp³-hybridized carbons (Fsp3) is 0.526. The first-order chi connectivity index (χ1) is 12.7. The van der Waals surface area contributed by atoms with Crippen LogP contribution in [0.2, 0.25) is 0 Å². The van der Waals surface area contributed by atoms with E-state index in [-0.39, 0.29) is 18.0 Å². The lowest BCUT2D eigenvalue weighted by Crippen LogP contribution is -2.44. The van der Waals surface area contributed by atoms with Gasteiger partial charge in [0.05, 0.1) is 30.8 Å². The minimum Gasteiger partial charge on any atom is -0.462 e. The standard InChI is InChI=1S/C19H21N5O2/c20-7-15-5-13-6-17(13)24(15)18(25)11-23-3-1-14(10-23)22-16-9-21-8-12-2-4-26-19(12)16/h2,4,8-9,13-15,17,22H,1,3,5-6,10-11H2/t13?,14-,15-,17-/m0/s1. The summed E-state index contributed by atoms with van der Waals surface area (Å²) in [5.74, 6) is 0.676. The summed E-state index contributed by atoms with van der Waals surface area (Å²) >= 11 is 0. The second kappa shape index (κ2) is 5.99. The monoisotopic (exact) mass is 351 g/mol. The van der Waals surface area contributed by atoms with E-state index in [2.05, 4.69) is 21.3 Å². The number of amides is 1. The number of pyridine rings is 1. The van der Waals surface area contributed by atoms with Crippen LogP contribution in [-0.4, -0.2) is 58.5 Å². The predicted molar refractivity (Wildman–Crippen MR) is 95.2 cm³/mol. The van der Waals surface area contributed by atoms with Crippen LogP contribution in [0.1, 0.15) is 19.3 Å². The van der Waals surface area contributed by atoms with E-state index < -0.39 is 0 Å². The first-order valence-corrected chi connectivity index (χ1v) is 9.24. The van der Waals surface area contributed by atoms with Crippen LogP contribution in [0.25, 0.3) is 11.0 Å². The molecule has 0 aromatic carbocycles. The molecule has 4 heterocycles. The highest BCUT2D eigenvalue weighted by atomic mass is 16.3. The number of nitrogens with one attached hydrogen (secondary N) is 1. The van der Waals surface area contributed by atoms with Crippen LogP contribution < -0.4 is 5.32 Å². The summed E-state index contributed by atoms with van der Waals surface area (Å²) in [7, 11) is 0. The van der Waals surface area contributed by atoms with Crippen LogP contribution in [-0.2, 0) is 4.79 Å². The zero-order valence-electron chi connectivity index (χ0n) is 14.5. The van der Waals surface area contributed by atoms with E-state index in [0.29, 0.717) is 18.5 Å². The number of fused-ring (bicyclic) bond motifs is 2. The van der Waals surface area contributed by atoms with Gasteiger partial charge in [-0.05, 0) is 31.2 Å². The fourth-order valence-corrected chi connectivity index (χ4v) is 4.51. The number of likely N-dealkylation sites (tertiary alicyclic amines) is 2. The van der Waals surface area contributed by atoms with Gasteiger partial charge in [-0.25, -0.2) is 0 Å². The second-order valence-corrected chi connectivity index (χ2v) is 7.64. The molecule has 2 saturated heterocycles. The molecule has 1 saturated carbocycles. The number of carbonyl (C=O) groups excluding carboxylic acids is 1. The number of piperidine rings is 1. The number of anilines is 1. The van der Waals surface area contributed by atoms with Crippen molar-refractivity contribution in [1.29, 1.82) is 5.26 Å². The van der Waals surface area contributed by atoms with Gasteiger partial charge in [0, 0.05) is 36.8 Å². The maximum atomic E-state index is 12.7. The quantitative estimate of drug-likeness (QED) is 0.904. The molecule has 3 fully saturated rings. The second-order valence-electron chi connectivity index (χ2n) is 7.64. The molecule has 0 spiro atoms. The van der Waals surface area contributed by atoms with E-state index in [4.69, 9.17) is 4.42 Å². The SMILES string of the molecule is N#C[C@@H]1CC2C[C@@H]2N1C(=O)CN1CC[C@H](Nc2cncc3ccoc23)C1. The van der Waals surface area contributed by atoms with Crippen molar-refractivity contribution in [1.82, 2.24) is 14.8 Å². The number of carbonyl (C=O) groups is 1. The molecule has 7 heteroatoms. The molecule has 1 N–H and O–H groups in total. The Morgan fingerprint density at radius 1 is 1.42 bits per heavy atom. The Bertz CT molecular complexity index is 887. The molecule has 134 valence electrons. The van der Waals surface area contributed by atoms with Gasteiger partial charge in [0.1, 0.15) is 6.04 Å². The first-order valence-electron chi connectivity index (χ1n) is 9.24. The van der Waals surface area contributed by atoms with Crippen molar-refractivity contribution in [3.05, 3.63) is 24.7 Å². The first kappa shape index (κ1) is 15.6. The average Bonchev–Trinajstić information content (AvgIpc) is 3.04. The van der Waals surface area contributed by atoms with E-state index in [9.17, 15) is 10.1 Å². The van der Waals surface area contributed by atoms with Gasteiger partial charge in [0.2, 0.25) is 5.91 Å². The summed E-state index contributed by atoms with van der Waals surface area (Å²) in [5, 5.41) is 13.8. The molecule has 1 amide bonds. The van der Waals surface area contributed by atoms with E-state index in [1.165, 1.54) is 0 Å². The molecule has 2 aromatic heterocycles. The molecule has 7 nitrogen and oxygen atoms in total. The van der Waals surface area contributed by atoms with Gasteiger partial charge in [-0.3, -0.25) is 14.7 Å². The molecule has 0 radical (unpaired) electrons. The summed E-state index contributed by atoms with van der Waals surface area (Å²) in [4.78, 5) is 21.0. The number of rotatable bonds is 4. The summed E-state index contributed by atoms with van der Waals surface area (Å²) in [5.41, 5.74) is 1.72. The van der Waals surface area contributed by atoms with Crippen LogP contribution in [0, 0.1) is 17.2 Å². The van der Waals surface area contributed by atoms with Gasteiger partial charge in [-0.2, -0.15) is 5.26 Å². The number of hydrogen-bond acceptors (Lipinski definition) is 6. The Labute approximate surface area is 151 Å². The topological polar surface area (TPSA) is 85.4 Å². The van der Waals surface area contributed by atoms with Crippen molar-refractivity contribution in [3.8, 4) is 6.07 Å². The summed E-state index contributed by atoms with van der Waals surface area (Å²) in [6.07, 6.45) is 8.15. The van der Waals surface area contributed by atoms with Gasteiger partial charge in [-0.15, -0.1) is 0 Å². The lowest BCUT2D eigenvalue weighted by molar-refractivity contribution is -0.133. The van der Waals surface area contributed by atoms with E-state index in [1.54, 1.807) is 18.7 Å². The normalized spacial score (nSPS) is 30.3. The lowest BCUT2D eigenvalue weighted by Gasteiger charge is -2.25. The van der Waals surface area contributed by atoms with Crippen molar-refractivity contribution in [2.24, 2.45) is 5.92 Å². The smallest absolute Gasteiger partial charge is 0.238 e. The molecule has 2 aliphatic heterocycles. The Morgan fingerprint density at radius 2 is 2.35 bits per heavy atom. The number of hydrogen-bond donors (Lipinski definition) is 1. The summed E-state index contributed by atoms with van der Waals surface area (Å²) in [6, 6.07) is 4.57. The van der Waals surface area contributed by atoms with Gasteiger partial charge < -0.3 is 14.6 Å². The Kier molecular flexibility index (Phi) is 3.61. The van der Waals surface area contributed by atoms with Crippen molar-refractivity contribution < 1.29 is 9.21 Å². The molecule has 0 bridgehead atoms. The molecule has 5 rings (SSSR count). The minimum atomic E-state index is -0.217. The molecule has 1 aliphatic carbocycles. The van der Waals surface area contributed by atoms with E-state index in [1.807, 2.05) is 11.0 Å². The maximum absolute atomic E-state index is 12.7. The largest absolute Gasteiger partial charge is 0.462 e. The van der Waals surface area contributed by atoms with Gasteiger partial charge in [0.15, 0.2) is 5.58 Å². The predicted octanol–water partition coefficient (Wildman–Crippen LogP) is 1.83. The molecular formula is C19H21N5O2. The van der Waals surface area contributed by atoms with E-state index in [0.717, 1.165) is 49.0 Å². The molecular weight excluding hydrogens is 330 g/mol. The van der Waals surface area contributed by atoms with Crippen LogP contribution >= 0.6 is 0 Å². The summed E-state index contributed by atoms with van der Waals surface area (Å²) < 4.78 is 5.55. The van der Waals surface area contributed by atoms with Crippen LogP contribution in [0.5, 0.6) is 0 Å². The number of aromatic nitrogens is 1. The zero-order valence-corrected chi connectivity index (χ0v) is 14.5. The third-order valence-electron chi connectivity index (χ3n) is 5.89. The zero-order chi connectivity index (χ0) is 17.7. The van der Waals surface area contributed by atoms with Crippen LogP contribution in [0.4, 0.5) is 5.69 Å². The van der Waals surface area contributed by atoms with Crippen molar-refractivity contribution in [2.45, 2.75) is 37.4 Å². The highest BCUT2D eigenvalue weighted by molar-refractivity contribution is 5.87.